The molecule has 0 aliphatic rings. The van der Waals surface area contributed by atoms with E-state index in [0.29, 0.717) is 18.3 Å². The van der Waals surface area contributed by atoms with Crippen LogP contribution in [0.1, 0.15) is 18.4 Å². The Morgan fingerprint density at radius 3 is 2.78 bits per heavy atom. The van der Waals surface area contributed by atoms with Crippen molar-refractivity contribution in [1.82, 2.24) is 15.6 Å². The Balaban J connectivity index is 0.00000364. The van der Waals surface area contributed by atoms with Crippen LogP contribution in [0.25, 0.3) is 0 Å². The number of benzene rings is 1. The van der Waals surface area contributed by atoms with Gasteiger partial charge < -0.3 is 15.4 Å². The summed E-state index contributed by atoms with van der Waals surface area (Å²) in [6.07, 6.45) is 7.57. The maximum Gasteiger partial charge on any atom is 0.191 e. The van der Waals surface area contributed by atoms with Crippen LogP contribution in [0.5, 0.6) is 11.5 Å². The number of ether oxygens (including phenoxy) is 1. The highest BCUT2D eigenvalue weighted by molar-refractivity contribution is 14.0. The quantitative estimate of drug-likeness (QED) is 0.229. The van der Waals surface area contributed by atoms with Crippen molar-refractivity contribution < 1.29 is 9.13 Å². The van der Waals surface area contributed by atoms with Crippen LogP contribution in [0.2, 0.25) is 0 Å². The van der Waals surface area contributed by atoms with Crippen molar-refractivity contribution in [3.63, 3.8) is 0 Å². The average molecular weight is 504 g/mol. The summed E-state index contributed by atoms with van der Waals surface area (Å²) in [6.45, 7) is 1.35. The largest absolute Gasteiger partial charge is 0.453 e. The van der Waals surface area contributed by atoms with Crippen LogP contribution in [0, 0.1) is 5.82 Å². The van der Waals surface area contributed by atoms with Crippen molar-refractivity contribution in [2.24, 2.45) is 4.99 Å². The Hall–Kier alpha value is -1.55. The van der Waals surface area contributed by atoms with E-state index in [0.717, 1.165) is 18.5 Å². The normalized spacial score (nSPS) is 10.9. The zero-order valence-electron chi connectivity index (χ0n) is 15.6. The number of nitrogens with zero attached hydrogens (tertiary/aromatic N) is 2. The molecule has 1 heterocycles. The van der Waals surface area contributed by atoms with Crippen molar-refractivity contribution in [3.8, 4) is 11.5 Å². The molecule has 5 nitrogen and oxygen atoms in total. The van der Waals surface area contributed by atoms with Gasteiger partial charge in [0.2, 0.25) is 0 Å². The highest BCUT2D eigenvalue weighted by Gasteiger charge is 2.07. The van der Waals surface area contributed by atoms with Gasteiger partial charge in [0.1, 0.15) is 5.75 Å². The summed E-state index contributed by atoms with van der Waals surface area (Å²) in [4.78, 5) is 8.13. The first-order valence-corrected chi connectivity index (χ1v) is 9.92. The van der Waals surface area contributed by atoms with Gasteiger partial charge in [0, 0.05) is 26.3 Å². The van der Waals surface area contributed by atoms with Gasteiger partial charge in [0.15, 0.2) is 17.5 Å². The summed E-state index contributed by atoms with van der Waals surface area (Å²) in [6, 6.07) is 8.39. The number of rotatable bonds is 9. The first kappa shape index (κ1) is 23.5. The van der Waals surface area contributed by atoms with Crippen molar-refractivity contribution in [2.75, 3.05) is 25.6 Å². The van der Waals surface area contributed by atoms with Gasteiger partial charge in [0.05, 0.1) is 6.20 Å². The summed E-state index contributed by atoms with van der Waals surface area (Å²) < 4.78 is 19.7. The number of unbranched alkanes of at least 4 members (excludes halogenated alkanes) is 1. The molecule has 2 rings (SSSR count). The molecule has 1 aromatic heterocycles. The molecule has 0 aliphatic carbocycles. The monoisotopic (exact) mass is 504 g/mol. The minimum atomic E-state index is -0.409. The van der Waals surface area contributed by atoms with Crippen LogP contribution < -0.4 is 15.4 Å². The molecule has 148 valence electrons. The van der Waals surface area contributed by atoms with Crippen LogP contribution in [-0.2, 0) is 6.54 Å². The smallest absolute Gasteiger partial charge is 0.191 e. The van der Waals surface area contributed by atoms with Crippen LogP contribution in [0.15, 0.2) is 47.7 Å². The summed E-state index contributed by atoms with van der Waals surface area (Å²) in [5.41, 5.74) is 0.811. The van der Waals surface area contributed by atoms with E-state index in [-0.39, 0.29) is 29.7 Å². The second-order valence-electron chi connectivity index (χ2n) is 5.61. The first-order chi connectivity index (χ1) is 12.7. The van der Waals surface area contributed by atoms with Crippen LogP contribution in [0.3, 0.4) is 0 Å². The van der Waals surface area contributed by atoms with Crippen molar-refractivity contribution in [3.05, 3.63) is 54.1 Å². The van der Waals surface area contributed by atoms with E-state index in [2.05, 4.69) is 26.9 Å². The second-order valence-corrected chi connectivity index (χ2v) is 6.59. The Morgan fingerprint density at radius 1 is 1.26 bits per heavy atom. The van der Waals surface area contributed by atoms with E-state index in [1.807, 2.05) is 17.8 Å². The van der Waals surface area contributed by atoms with E-state index in [1.54, 1.807) is 37.6 Å². The Morgan fingerprint density at radius 2 is 2.11 bits per heavy atom. The van der Waals surface area contributed by atoms with Gasteiger partial charge in [-0.1, -0.05) is 6.07 Å². The number of thioether (sulfide) groups is 1. The molecule has 0 saturated heterocycles. The van der Waals surface area contributed by atoms with E-state index >= 15 is 0 Å². The lowest BCUT2D eigenvalue weighted by Gasteiger charge is -2.12. The maximum absolute atomic E-state index is 14.2. The van der Waals surface area contributed by atoms with Gasteiger partial charge in [-0.25, -0.2) is 4.39 Å². The lowest BCUT2D eigenvalue weighted by molar-refractivity contribution is 0.440. The first-order valence-electron chi connectivity index (χ1n) is 8.52. The van der Waals surface area contributed by atoms with Crippen molar-refractivity contribution in [2.45, 2.75) is 19.4 Å². The summed E-state index contributed by atoms with van der Waals surface area (Å²) in [5, 5.41) is 6.45. The zero-order chi connectivity index (χ0) is 18.6. The minimum absolute atomic E-state index is 0. The van der Waals surface area contributed by atoms with E-state index < -0.39 is 5.82 Å². The zero-order valence-corrected chi connectivity index (χ0v) is 18.7. The second kappa shape index (κ2) is 13.6. The van der Waals surface area contributed by atoms with Crippen LogP contribution in [0.4, 0.5) is 4.39 Å². The third kappa shape index (κ3) is 8.79. The molecule has 0 amide bonds. The lowest BCUT2D eigenvalue weighted by Crippen LogP contribution is -2.37. The van der Waals surface area contributed by atoms with Gasteiger partial charge in [-0.2, -0.15) is 11.8 Å². The molecule has 8 heteroatoms. The highest BCUT2D eigenvalue weighted by Crippen LogP contribution is 2.24. The highest BCUT2D eigenvalue weighted by atomic mass is 127. The summed E-state index contributed by atoms with van der Waals surface area (Å²) in [7, 11) is 1.72. The fourth-order valence-corrected chi connectivity index (χ4v) is 2.75. The maximum atomic E-state index is 14.2. The topological polar surface area (TPSA) is 58.5 Å². The fourth-order valence-electron chi connectivity index (χ4n) is 2.26. The lowest BCUT2D eigenvalue weighted by atomic mass is 10.2. The summed E-state index contributed by atoms with van der Waals surface area (Å²) in [5.74, 6) is 2.15. The van der Waals surface area contributed by atoms with Crippen LogP contribution in [-0.4, -0.2) is 36.5 Å². The molecule has 0 saturated carbocycles. The van der Waals surface area contributed by atoms with Gasteiger partial charge in [-0.15, -0.1) is 24.0 Å². The van der Waals surface area contributed by atoms with Crippen LogP contribution >= 0.6 is 35.7 Å². The number of hydrogen-bond acceptors (Lipinski definition) is 4. The molecule has 0 radical (unpaired) electrons. The number of pyridine rings is 1. The molecule has 2 aromatic rings. The number of aliphatic imine (C=N–C) groups is 1. The molecule has 0 unspecified atom stereocenters. The van der Waals surface area contributed by atoms with Gasteiger partial charge in [0.25, 0.3) is 0 Å². The number of aromatic nitrogens is 1. The molecule has 2 N–H and O–H groups in total. The van der Waals surface area contributed by atoms with E-state index in [1.165, 1.54) is 18.2 Å². The molecule has 0 atom stereocenters. The third-order valence-corrected chi connectivity index (χ3v) is 4.31. The molecule has 1 aromatic carbocycles. The standard InChI is InChI=1S/C19H25FN4OS.HI/c1-21-19(23-10-3-4-11-26-2)24-13-15-7-8-18(17(20)12-15)25-16-6-5-9-22-14-16;/h5-9,12,14H,3-4,10-11,13H2,1-2H3,(H2,21,23,24);1H. The molecular formula is C19H26FIN4OS. The fraction of sp³-hybridized carbons (Fsp3) is 0.368. The summed E-state index contributed by atoms with van der Waals surface area (Å²) >= 11 is 1.85. The number of nitrogens with one attached hydrogen (secondary N) is 2. The van der Waals surface area contributed by atoms with Gasteiger partial charge >= 0.3 is 0 Å². The molecule has 0 spiro atoms. The van der Waals surface area contributed by atoms with Crippen molar-refractivity contribution >= 4 is 41.7 Å². The molecule has 27 heavy (non-hydrogen) atoms. The number of guanidine groups is 1. The number of hydrogen-bond donors (Lipinski definition) is 2. The SMILES string of the molecule is CN=C(NCCCCSC)NCc1ccc(Oc2cccnc2)c(F)c1.I. The van der Waals surface area contributed by atoms with E-state index in [4.69, 9.17) is 4.74 Å². The predicted octanol–water partition coefficient (Wildman–Crippen LogP) is 4.44. The average Bonchev–Trinajstić information content (AvgIpc) is 2.67. The third-order valence-electron chi connectivity index (χ3n) is 3.61. The molecule has 0 aliphatic heterocycles. The Labute approximate surface area is 181 Å². The Bertz CT molecular complexity index is 703. The molecule has 0 fully saturated rings. The molecule has 0 bridgehead atoms. The predicted molar refractivity (Wildman–Crippen MR) is 122 cm³/mol. The Kier molecular flexibility index (Phi) is 11.8. The van der Waals surface area contributed by atoms with Gasteiger partial charge in [-0.05, 0) is 54.7 Å². The van der Waals surface area contributed by atoms with Crippen molar-refractivity contribution in [1.29, 1.82) is 0 Å². The van der Waals surface area contributed by atoms with Gasteiger partial charge in [-0.3, -0.25) is 9.98 Å². The minimum Gasteiger partial charge on any atom is -0.453 e. The number of halogens is 2. The molecular weight excluding hydrogens is 478 g/mol. The van der Waals surface area contributed by atoms with E-state index in [9.17, 15) is 4.39 Å².